The molecule has 14 nitrogen and oxygen atoms in total. The van der Waals surface area contributed by atoms with E-state index in [1.165, 1.54) is 62.4 Å². The Hall–Kier alpha value is -5.74. The number of azo groups is 2. The molecule has 4 amide bonds. The summed E-state index contributed by atoms with van der Waals surface area (Å²) < 4.78 is 0. The van der Waals surface area contributed by atoms with E-state index in [0.717, 1.165) is 0 Å². The number of amides is 4. The van der Waals surface area contributed by atoms with Gasteiger partial charge in [-0.3, -0.25) is 28.8 Å². The van der Waals surface area contributed by atoms with E-state index in [2.05, 4.69) is 41.7 Å². The van der Waals surface area contributed by atoms with Crippen LogP contribution in [0.4, 0.5) is 34.1 Å². The van der Waals surface area contributed by atoms with Gasteiger partial charge >= 0.3 is 0 Å². The minimum atomic E-state index is -1.58. The van der Waals surface area contributed by atoms with Gasteiger partial charge in [-0.25, -0.2) is 0 Å². The summed E-state index contributed by atoms with van der Waals surface area (Å²) in [4.78, 5) is 78.0. The first kappa shape index (κ1) is 47.3. The summed E-state index contributed by atoms with van der Waals surface area (Å²) in [5.74, 6) is -4.12. The largest absolute Gasteiger partial charge is 0.324 e. The molecule has 62 heavy (non-hydrogen) atoms. The van der Waals surface area contributed by atoms with Crippen molar-refractivity contribution in [1.82, 2.24) is 0 Å². The van der Waals surface area contributed by atoms with Gasteiger partial charge in [0.25, 0.3) is 23.6 Å². The van der Waals surface area contributed by atoms with Gasteiger partial charge in [-0.1, -0.05) is 81.7 Å². The summed E-state index contributed by atoms with van der Waals surface area (Å²) in [7, 11) is 0. The van der Waals surface area contributed by atoms with Crippen LogP contribution in [0, 0.1) is 13.8 Å². The van der Waals surface area contributed by atoms with E-state index in [4.69, 9.17) is 69.6 Å². The quantitative estimate of drug-likeness (QED) is 0.0630. The van der Waals surface area contributed by atoms with E-state index in [1.54, 1.807) is 50.2 Å². The molecule has 2 unspecified atom stereocenters. The molecule has 0 spiro atoms. The Morgan fingerprint density at radius 1 is 0.468 bits per heavy atom. The lowest BCUT2D eigenvalue weighted by Gasteiger charge is -2.17. The van der Waals surface area contributed by atoms with Crippen molar-refractivity contribution in [2.75, 3.05) is 21.3 Å². The molecule has 0 heterocycles. The maximum atomic E-state index is 13.4. The number of ketones is 2. The predicted octanol–water partition coefficient (Wildman–Crippen LogP) is 12.1. The van der Waals surface area contributed by atoms with Crippen LogP contribution in [-0.2, 0) is 19.2 Å². The molecule has 0 saturated heterocycles. The zero-order valence-corrected chi connectivity index (χ0v) is 37.3. The third-order valence-corrected chi connectivity index (χ3v) is 11.2. The fourth-order valence-electron chi connectivity index (χ4n) is 5.46. The van der Waals surface area contributed by atoms with Crippen LogP contribution in [0.3, 0.4) is 0 Å². The lowest BCUT2D eigenvalue weighted by Crippen LogP contribution is -2.33. The zero-order chi connectivity index (χ0) is 45.4. The molecule has 0 aliphatic rings. The molecular weight excluding hydrogens is 925 g/mol. The number of hydrogen-bond donors (Lipinski definition) is 4. The number of carbonyl (C=O) groups is 6. The van der Waals surface area contributed by atoms with Crippen LogP contribution >= 0.6 is 69.6 Å². The molecule has 4 N–H and O–H groups in total. The zero-order valence-electron chi connectivity index (χ0n) is 32.7. The predicted molar refractivity (Wildman–Crippen MR) is 243 cm³/mol. The van der Waals surface area contributed by atoms with E-state index in [0.29, 0.717) is 22.5 Å². The van der Waals surface area contributed by atoms with Crippen LogP contribution in [0.1, 0.15) is 45.7 Å². The molecule has 0 aliphatic carbocycles. The first-order chi connectivity index (χ1) is 29.4. The number of nitrogens with one attached hydrogen (secondary N) is 4. The number of carbonyl (C=O) groups excluding carboxylic acids is 6. The monoisotopic (exact) mass is 954 g/mol. The maximum Gasteiger partial charge on any atom is 0.258 e. The third-order valence-electron chi connectivity index (χ3n) is 8.94. The Morgan fingerprint density at radius 3 is 1.19 bits per heavy atom. The second-order valence-corrected chi connectivity index (χ2v) is 15.7. The lowest BCUT2D eigenvalue weighted by molar-refractivity contribution is -0.127. The molecule has 20 heteroatoms. The molecule has 0 fully saturated rings. The molecule has 5 rings (SSSR count). The summed E-state index contributed by atoms with van der Waals surface area (Å²) in [6, 6.07) is 17.6. The fraction of sp³-hybridized carbons (Fsp3) is 0.143. The van der Waals surface area contributed by atoms with Crippen molar-refractivity contribution < 1.29 is 28.8 Å². The van der Waals surface area contributed by atoms with Crippen LogP contribution in [0.15, 0.2) is 105 Å². The lowest BCUT2D eigenvalue weighted by atomic mass is 10.0. The number of nitrogens with zero attached hydrogens (tertiary/aromatic N) is 4. The van der Waals surface area contributed by atoms with Crippen molar-refractivity contribution in [1.29, 1.82) is 0 Å². The topological polar surface area (TPSA) is 200 Å². The van der Waals surface area contributed by atoms with Crippen LogP contribution in [0.2, 0.25) is 30.1 Å². The standard InChI is InChI=1S/C42H32Cl6N8O6/c1-19-20(2)32(50-42(62)38(22(4)58)56-54-24-12-14-28(44)26(18-24)40(60)52-34-10-6-8-30(46)36(34)48)16-15-31(19)49-41(61)37(21(3)57)55-53-23-11-13-27(43)25(17-23)39(59)51-33-9-5-7-29(45)35(33)47/h5-18,37-38H,1-4H3,(H,49,61)(H,50,62)(H,51,59)(H,52,60). The minimum Gasteiger partial charge on any atom is -0.324 e. The van der Waals surface area contributed by atoms with Gasteiger partial charge in [-0.15, -0.1) is 0 Å². The number of halogens is 6. The van der Waals surface area contributed by atoms with Gasteiger partial charge in [-0.2, -0.15) is 20.5 Å². The van der Waals surface area contributed by atoms with Crippen LogP contribution < -0.4 is 21.3 Å². The van der Waals surface area contributed by atoms with Crippen molar-refractivity contribution in [2.24, 2.45) is 20.5 Å². The molecular formula is C42H32Cl6N8O6. The van der Waals surface area contributed by atoms with Crippen molar-refractivity contribution >= 4 is 139 Å². The van der Waals surface area contributed by atoms with Gasteiger partial charge in [0, 0.05) is 11.4 Å². The first-order valence-corrected chi connectivity index (χ1v) is 20.3. The number of hydrogen-bond acceptors (Lipinski definition) is 10. The van der Waals surface area contributed by atoms with Gasteiger partial charge in [-0.05, 0) is 112 Å². The molecule has 5 aromatic rings. The van der Waals surface area contributed by atoms with E-state index in [9.17, 15) is 28.8 Å². The molecule has 0 aromatic heterocycles. The first-order valence-electron chi connectivity index (χ1n) is 18.0. The average molecular weight is 957 g/mol. The molecule has 0 saturated carbocycles. The number of Topliss-reactive ketones (excluding diaryl/α,β-unsaturated/α-hetero) is 2. The highest BCUT2D eigenvalue weighted by molar-refractivity contribution is 6.45. The maximum absolute atomic E-state index is 13.4. The summed E-state index contributed by atoms with van der Waals surface area (Å²) in [6.45, 7) is 5.66. The highest BCUT2D eigenvalue weighted by atomic mass is 35.5. The Bertz CT molecular complexity index is 2530. The van der Waals surface area contributed by atoms with Gasteiger partial charge in [0.1, 0.15) is 0 Å². The summed E-state index contributed by atoms with van der Waals surface area (Å²) in [6.07, 6.45) is 0. The fourth-order valence-corrected chi connectivity index (χ4v) is 6.56. The van der Waals surface area contributed by atoms with Gasteiger partial charge in [0.2, 0.25) is 12.1 Å². The molecule has 0 bridgehead atoms. The van der Waals surface area contributed by atoms with E-state index < -0.39 is 47.3 Å². The molecule has 0 aliphatic heterocycles. The highest BCUT2D eigenvalue weighted by Crippen LogP contribution is 2.33. The average Bonchev–Trinajstić information content (AvgIpc) is 3.22. The second-order valence-electron chi connectivity index (χ2n) is 13.3. The van der Waals surface area contributed by atoms with Gasteiger partial charge < -0.3 is 21.3 Å². The SMILES string of the molecule is CC(=O)C(N=Nc1ccc(Cl)c(C(=O)Nc2cccc(Cl)c2Cl)c1)C(=O)Nc1ccc(NC(=O)C(N=Nc2ccc(Cl)c(C(=O)Nc3cccc(Cl)c3Cl)c2)C(C)=O)c(C)c1C. The van der Waals surface area contributed by atoms with Crippen molar-refractivity contribution in [3.05, 3.63) is 137 Å². The molecule has 5 aromatic carbocycles. The van der Waals surface area contributed by atoms with E-state index >= 15 is 0 Å². The smallest absolute Gasteiger partial charge is 0.258 e. The van der Waals surface area contributed by atoms with Crippen LogP contribution in [-0.4, -0.2) is 47.3 Å². The van der Waals surface area contributed by atoms with Gasteiger partial charge in [0.05, 0.1) is 64.0 Å². The van der Waals surface area contributed by atoms with Crippen LogP contribution in [0.5, 0.6) is 0 Å². The normalized spacial score (nSPS) is 12.2. The van der Waals surface area contributed by atoms with Crippen molar-refractivity contribution in [2.45, 2.75) is 39.8 Å². The summed E-state index contributed by atoms with van der Waals surface area (Å²) in [5.41, 5.74) is 2.36. The van der Waals surface area contributed by atoms with E-state index in [1.807, 2.05) is 0 Å². The summed E-state index contributed by atoms with van der Waals surface area (Å²) in [5, 5.41) is 27.5. The van der Waals surface area contributed by atoms with Crippen LogP contribution in [0.25, 0.3) is 0 Å². The Kier molecular flexibility index (Phi) is 15.9. The van der Waals surface area contributed by atoms with Crippen molar-refractivity contribution in [3.63, 3.8) is 0 Å². The number of anilines is 4. The number of benzene rings is 5. The Balaban J connectivity index is 1.26. The minimum absolute atomic E-state index is 0.0118. The van der Waals surface area contributed by atoms with Gasteiger partial charge in [0.15, 0.2) is 11.6 Å². The highest BCUT2D eigenvalue weighted by Gasteiger charge is 2.27. The molecule has 318 valence electrons. The van der Waals surface area contributed by atoms with E-state index in [-0.39, 0.29) is 64.0 Å². The number of rotatable bonds is 14. The second kappa shape index (κ2) is 20.9. The molecule has 2 atom stereocenters. The third kappa shape index (κ3) is 11.6. The summed E-state index contributed by atoms with van der Waals surface area (Å²) >= 11 is 37.1. The Morgan fingerprint density at radius 2 is 0.839 bits per heavy atom. The Labute approximate surface area is 384 Å². The van der Waals surface area contributed by atoms with Crippen molar-refractivity contribution in [3.8, 4) is 0 Å². The molecule has 0 radical (unpaired) electrons.